The maximum Gasteiger partial charge on any atom is 0.324 e. The lowest BCUT2D eigenvalue weighted by molar-refractivity contribution is -0.675. The highest BCUT2D eigenvalue weighted by Crippen LogP contribution is 2.29. The minimum absolute atomic E-state index is 0.138. The highest BCUT2D eigenvalue weighted by molar-refractivity contribution is 5.97. The second-order valence-electron chi connectivity index (χ2n) is 7.23. The molecule has 0 spiro atoms. The Kier molecular flexibility index (Phi) is 5.12. The molecule has 2 atom stereocenters. The number of hydrogen-bond donors (Lipinski definition) is 3. The number of para-hydroxylation sites is 1. The Hall–Kier alpha value is -3.12. The molecular formula is C22H25N4O2+. The van der Waals surface area contributed by atoms with Gasteiger partial charge in [-0.15, -0.1) is 0 Å². The lowest BCUT2D eigenvalue weighted by Crippen LogP contribution is -2.92. The average molecular weight is 377 g/mol. The summed E-state index contributed by atoms with van der Waals surface area (Å²) in [5.41, 5.74) is 3.54. The number of fused-ring (bicyclic) bond motifs is 1. The molecule has 0 aliphatic carbocycles. The highest BCUT2D eigenvalue weighted by atomic mass is 16.2. The molecule has 4 rings (SSSR count). The minimum atomic E-state index is -0.319. The summed E-state index contributed by atoms with van der Waals surface area (Å²) in [6, 6.07) is 18.0. The van der Waals surface area contributed by atoms with Crippen LogP contribution in [0.4, 0.5) is 4.79 Å². The number of H-pyrrole nitrogens is 1. The molecule has 0 unspecified atom stereocenters. The Morgan fingerprint density at radius 3 is 2.64 bits per heavy atom. The molecule has 4 N–H and O–H groups in total. The van der Waals surface area contributed by atoms with Crippen molar-refractivity contribution in [2.24, 2.45) is 0 Å². The summed E-state index contributed by atoms with van der Waals surface area (Å²) in [7, 11) is 0. The predicted molar refractivity (Wildman–Crippen MR) is 108 cm³/mol. The first kappa shape index (κ1) is 18.3. The number of nitrogens with two attached hydrogens (primary N) is 1. The molecular weight excluding hydrogens is 352 g/mol. The molecule has 6 heteroatoms. The molecule has 6 nitrogen and oxygen atoms in total. The number of nitrogens with one attached hydrogen (secondary N) is 2. The lowest BCUT2D eigenvalue weighted by Gasteiger charge is -2.20. The molecule has 1 aromatic heterocycles. The van der Waals surface area contributed by atoms with E-state index in [1.807, 2.05) is 42.6 Å². The fourth-order valence-corrected chi connectivity index (χ4v) is 3.88. The van der Waals surface area contributed by atoms with Crippen LogP contribution in [0.3, 0.4) is 0 Å². The van der Waals surface area contributed by atoms with Crippen LogP contribution in [0.15, 0.2) is 60.8 Å². The van der Waals surface area contributed by atoms with Gasteiger partial charge >= 0.3 is 6.03 Å². The molecule has 0 saturated carbocycles. The van der Waals surface area contributed by atoms with Crippen LogP contribution in [0.2, 0.25) is 0 Å². The largest absolute Gasteiger partial charge is 0.361 e. The average Bonchev–Trinajstić information content (AvgIpc) is 3.35. The third-order valence-electron chi connectivity index (χ3n) is 5.44. The highest BCUT2D eigenvalue weighted by Gasteiger charge is 2.32. The number of nitrogens with zero attached hydrogens (tertiary/aromatic N) is 1. The minimum Gasteiger partial charge on any atom is -0.361 e. The molecule has 1 fully saturated rings. The number of benzene rings is 2. The Balaban J connectivity index is 1.57. The number of carbonyl (C=O) groups is 2. The van der Waals surface area contributed by atoms with Crippen LogP contribution in [0, 0.1) is 0 Å². The smallest absolute Gasteiger partial charge is 0.324 e. The zero-order valence-electron chi connectivity index (χ0n) is 15.9. The summed E-state index contributed by atoms with van der Waals surface area (Å²) in [4.78, 5) is 29.1. The van der Waals surface area contributed by atoms with Crippen LogP contribution >= 0.6 is 0 Å². The van der Waals surface area contributed by atoms with E-state index in [4.69, 9.17) is 0 Å². The van der Waals surface area contributed by atoms with Crippen LogP contribution in [0.25, 0.3) is 10.9 Å². The number of quaternary nitrogens is 1. The van der Waals surface area contributed by atoms with Gasteiger partial charge in [-0.3, -0.25) is 9.69 Å². The van der Waals surface area contributed by atoms with E-state index in [2.05, 4.69) is 40.8 Å². The predicted octanol–water partition coefficient (Wildman–Crippen LogP) is 1.80. The number of aromatic amines is 1. The van der Waals surface area contributed by atoms with Crippen molar-refractivity contribution in [2.45, 2.75) is 18.9 Å². The monoisotopic (exact) mass is 377 g/mol. The lowest BCUT2D eigenvalue weighted by atomic mass is 9.90. The van der Waals surface area contributed by atoms with Gasteiger partial charge in [-0.1, -0.05) is 48.5 Å². The second kappa shape index (κ2) is 7.86. The van der Waals surface area contributed by atoms with Crippen molar-refractivity contribution < 1.29 is 14.9 Å². The fraction of sp³-hybridized carbons (Fsp3) is 0.273. The summed E-state index contributed by atoms with van der Waals surface area (Å²) < 4.78 is 0. The fourth-order valence-electron chi connectivity index (χ4n) is 3.88. The first-order valence-electron chi connectivity index (χ1n) is 9.68. The summed E-state index contributed by atoms with van der Waals surface area (Å²) in [6.45, 7) is 3.55. The van der Waals surface area contributed by atoms with Gasteiger partial charge in [0.1, 0.15) is 0 Å². The number of rotatable bonds is 6. The summed E-state index contributed by atoms with van der Waals surface area (Å²) >= 11 is 0. The Morgan fingerprint density at radius 1 is 1.14 bits per heavy atom. The van der Waals surface area contributed by atoms with E-state index in [9.17, 15) is 9.59 Å². The standard InChI is InChI=1S/C22H24N4O2/c1-15(21(27)26-12-11-23-22(26)28)24-13-18(16-7-3-2-4-8-16)19-14-25-20-10-6-5-9-17(19)20/h2-10,14-15,18,24-25H,11-13H2,1H3,(H,23,28)/p+1/t15-,18+/m1/s1. The van der Waals surface area contributed by atoms with Gasteiger partial charge in [-0.2, -0.15) is 0 Å². The molecule has 0 radical (unpaired) electrons. The topological polar surface area (TPSA) is 81.8 Å². The number of imide groups is 1. The van der Waals surface area contributed by atoms with E-state index in [0.717, 1.165) is 5.52 Å². The van der Waals surface area contributed by atoms with Crippen molar-refractivity contribution in [1.29, 1.82) is 0 Å². The molecule has 2 aromatic carbocycles. The van der Waals surface area contributed by atoms with Crippen LogP contribution < -0.4 is 10.6 Å². The van der Waals surface area contributed by atoms with Crippen molar-refractivity contribution in [1.82, 2.24) is 15.2 Å². The number of hydrogen-bond acceptors (Lipinski definition) is 2. The molecule has 3 aromatic rings. The molecule has 3 amide bonds. The maximum atomic E-state index is 12.6. The maximum absolute atomic E-state index is 12.6. The quantitative estimate of drug-likeness (QED) is 0.612. The molecule has 28 heavy (non-hydrogen) atoms. The van der Waals surface area contributed by atoms with Gasteiger partial charge in [0.05, 0.1) is 12.5 Å². The van der Waals surface area contributed by atoms with Gasteiger partial charge in [-0.25, -0.2) is 4.79 Å². The van der Waals surface area contributed by atoms with Gasteiger partial charge in [0.25, 0.3) is 5.91 Å². The van der Waals surface area contributed by atoms with Crippen molar-refractivity contribution in [2.75, 3.05) is 19.6 Å². The number of carbonyl (C=O) groups excluding carboxylic acids is 2. The molecule has 1 aliphatic heterocycles. The first-order valence-corrected chi connectivity index (χ1v) is 9.68. The van der Waals surface area contributed by atoms with E-state index < -0.39 is 0 Å². The first-order chi connectivity index (χ1) is 13.6. The summed E-state index contributed by atoms with van der Waals surface area (Å²) in [6.07, 6.45) is 2.07. The summed E-state index contributed by atoms with van der Waals surface area (Å²) in [5, 5.41) is 5.92. The second-order valence-corrected chi connectivity index (χ2v) is 7.23. The van der Waals surface area contributed by atoms with Crippen LogP contribution in [0.5, 0.6) is 0 Å². The Labute approximate surface area is 163 Å². The third-order valence-corrected chi connectivity index (χ3v) is 5.44. The van der Waals surface area contributed by atoms with E-state index in [0.29, 0.717) is 19.6 Å². The van der Waals surface area contributed by atoms with E-state index in [1.165, 1.54) is 21.4 Å². The van der Waals surface area contributed by atoms with Crippen LogP contribution in [-0.2, 0) is 4.79 Å². The molecule has 1 aliphatic rings. The van der Waals surface area contributed by atoms with Gasteiger partial charge in [0.15, 0.2) is 6.04 Å². The number of urea groups is 1. The van der Waals surface area contributed by atoms with Gasteiger partial charge in [-0.05, 0) is 24.1 Å². The summed E-state index contributed by atoms with van der Waals surface area (Å²) in [5.74, 6) is 0.000688. The van der Waals surface area contributed by atoms with E-state index in [-0.39, 0.29) is 23.9 Å². The molecule has 2 heterocycles. The number of aromatic nitrogens is 1. The van der Waals surface area contributed by atoms with Crippen molar-refractivity contribution in [3.05, 3.63) is 71.9 Å². The molecule has 1 saturated heterocycles. The van der Waals surface area contributed by atoms with Crippen LogP contribution in [-0.4, -0.2) is 47.5 Å². The Morgan fingerprint density at radius 2 is 1.89 bits per heavy atom. The zero-order valence-corrected chi connectivity index (χ0v) is 15.9. The Bertz CT molecular complexity index is 982. The van der Waals surface area contributed by atoms with E-state index >= 15 is 0 Å². The SMILES string of the molecule is C[C@@H]([NH2+]C[C@@H](c1ccccc1)c1c[nH]c2ccccc12)C(=O)N1CCNC1=O. The van der Waals surface area contributed by atoms with Gasteiger partial charge in [0.2, 0.25) is 0 Å². The molecule has 144 valence electrons. The van der Waals surface area contributed by atoms with Gasteiger partial charge in [0, 0.05) is 30.2 Å². The normalized spacial score (nSPS) is 16.2. The van der Waals surface area contributed by atoms with E-state index in [1.54, 1.807) is 0 Å². The van der Waals surface area contributed by atoms with Gasteiger partial charge < -0.3 is 15.6 Å². The van der Waals surface area contributed by atoms with Crippen molar-refractivity contribution in [3.8, 4) is 0 Å². The van der Waals surface area contributed by atoms with Crippen molar-refractivity contribution >= 4 is 22.8 Å². The molecule has 0 bridgehead atoms. The number of amides is 3. The van der Waals surface area contributed by atoms with Crippen LogP contribution in [0.1, 0.15) is 24.0 Å². The zero-order chi connectivity index (χ0) is 19.5. The van der Waals surface area contributed by atoms with Crippen molar-refractivity contribution in [3.63, 3.8) is 0 Å². The third kappa shape index (κ3) is 3.51.